The second-order valence-corrected chi connectivity index (χ2v) is 5.31. The maximum absolute atomic E-state index is 5.92. The number of anilines is 5. The van der Waals surface area contributed by atoms with Crippen molar-refractivity contribution in [2.45, 2.75) is 6.92 Å². The highest BCUT2D eigenvalue weighted by atomic mass is 35.5. The summed E-state index contributed by atoms with van der Waals surface area (Å²) in [5.41, 5.74) is 2.89. The summed E-state index contributed by atoms with van der Waals surface area (Å²) in [6.45, 7) is 2.67. The SMILES string of the molecule is CCNc1nc(Cl)nc(Nc2ccc(Nc3ccccc3)cc2)n1. The Bertz CT molecular complexity index is 792. The van der Waals surface area contributed by atoms with Crippen LogP contribution < -0.4 is 16.0 Å². The molecule has 6 nitrogen and oxygen atoms in total. The van der Waals surface area contributed by atoms with E-state index in [4.69, 9.17) is 11.6 Å². The number of para-hydroxylation sites is 1. The third-order valence-corrected chi connectivity index (χ3v) is 3.32. The lowest BCUT2D eigenvalue weighted by Crippen LogP contribution is -2.06. The fraction of sp³-hybridized carbons (Fsp3) is 0.118. The summed E-state index contributed by atoms with van der Waals surface area (Å²) in [6, 6.07) is 17.8. The third kappa shape index (κ3) is 4.33. The third-order valence-electron chi connectivity index (χ3n) is 3.15. The molecule has 122 valence electrons. The quantitative estimate of drug-likeness (QED) is 0.615. The summed E-state index contributed by atoms with van der Waals surface area (Å²) in [6.07, 6.45) is 0. The number of benzene rings is 2. The molecule has 0 radical (unpaired) electrons. The predicted molar refractivity (Wildman–Crippen MR) is 98.5 cm³/mol. The van der Waals surface area contributed by atoms with E-state index in [2.05, 4.69) is 30.9 Å². The molecule has 0 saturated carbocycles. The van der Waals surface area contributed by atoms with Crippen LogP contribution in [0.25, 0.3) is 0 Å². The van der Waals surface area contributed by atoms with Gasteiger partial charge in [0, 0.05) is 23.6 Å². The van der Waals surface area contributed by atoms with Crippen molar-refractivity contribution in [1.29, 1.82) is 0 Å². The Morgan fingerprint density at radius 3 is 2.00 bits per heavy atom. The number of hydrogen-bond donors (Lipinski definition) is 3. The molecule has 2 aromatic carbocycles. The maximum Gasteiger partial charge on any atom is 0.233 e. The molecule has 3 N–H and O–H groups in total. The zero-order chi connectivity index (χ0) is 16.8. The number of nitrogens with zero attached hydrogens (tertiary/aromatic N) is 3. The first-order valence-electron chi connectivity index (χ1n) is 7.57. The van der Waals surface area contributed by atoms with Gasteiger partial charge in [0.1, 0.15) is 0 Å². The van der Waals surface area contributed by atoms with Crippen LogP contribution >= 0.6 is 11.6 Å². The number of halogens is 1. The van der Waals surface area contributed by atoms with E-state index in [-0.39, 0.29) is 5.28 Å². The topological polar surface area (TPSA) is 74.8 Å². The summed E-state index contributed by atoms with van der Waals surface area (Å²) in [5, 5.41) is 9.61. The lowest BCUT2D eigenvalue weighted by molar-refractivity contribution is 1.02. The summed E-state index contributed by atoms with van der Waals surface area (Å²) in [7, 11) is 0. The van der Waals surface area contributed by atoms with Crippen molar-refractivity contribution >= 4 is 40.6 Å². The predicted octanol–water partition coefficient (Wildman–Crippen LogP) is 4.44. The van der Waals surface area contributed by atoms with Gasteiger partial charge in [-0.2, -0.15) is 15.0 Å². The van der Waals surface area contributed by atoms with Crippen LogP contribution in [0.1, 0.15) is 6.92 Å². The molecule has 24 heavy (non-hydrogen) atoms. The van der Waals surface area contributed by atoms with Gasteiger partial charge in [0.15, 0.2) is 0 Å². The largest absolute Gasteiger partial charge is 0.356 e. The standard InChI is InChI=1S/C17H17ClN6/c1-2-19-16-22-15(18)23-17(24-16)21-14-10-8-13(9-11-14)20-12-6-4-3-5-7-12/h3-11,20H,2H2,1H3,(H2,19,21,22,23,24). The van der Waals surface area contributed by atoms with E-state index in [0.717, 1.165) is 17.1 Å². The van der Waals surface area contributed by atoms with E-state index in [1.165, 1.54) is 0 Å². The number of hydrogen-bond acceptors (Lipinski definition) is 6. The fourth-order valence-electron chi connectivity index (χ4n) is 2.10. The first-order valence-corrected chi connectivity index (χ1v) is 7.95. The van der Waals surface area contributed by atoms with Crippen molar-refractivity contribution in [3.8, 4) is 0 Å². The molecule has 0 spiro atoms. The zero-order valence-corrected chi connectivity index (χ0v) is 13.9. The van der Waals surface area contributed by atoms with Gasteiger partial charge in [0.2, 0.25) is 17.2 Å². The number of nitrogens with one attached hydrogen (secondary N) is 3. The molecule has 0 saturated heterocycles. The van der Waals surface area contributed by atoms with Gasteiger partial charge in [-0.25, -0.2) is 0 Å². The molecule has 0 atom stereocenters. The molecule has 1 heterocycles. The molecule has 0 amide bonds. The average Bonchev–Trinajstić information content (AvgIpc) is 2.57. The molecule has 0 aliphatic rings. The van der Waals surface area contributed by atoms with E-state index >= 15 is 0 Å². The minimum Gasteiger partial charge on any atom is -0.356 e. The van der Waals surface area contributed by atoms with Crippen molar-refractivity contribution in [3.05, 3.63) is 59.9 Å². The summed E-state index contributed by atoms with van der Waals surface area (Å²) >= 11 is 5.92. The van der Waals surface area contributed by atoms with E-state index < -0.39 is 0 Å². The van der Waals surface area contributed by atoms with Crippen molar-refractivity contribution in [2.75, 3.05) is 22.5 Å². The van der Waals surface area contributed by atoms with Crippen molar-refractivity contribution in [2.24, 2.45) is 0 Å². The lowest BCUT2D eigenvalue weighted by atomic mass is 10.2. The minimum atomic E-state index is 0.144. The summed E-state index contributed by atoms with van der Waals surface area (Å²) in [4.78, 5) is 12.4. The molecule has 3 aromatic rings. The Balaban J connectivity index is 1.70. The van der Waals surface area contributed by atoms with Crippen molar-refractivity contribution in [1.82, 2.24) is 15.0 Å². The van der Waals surface area contributed by atoms with Crippen LogP contribution in [0.2, 0.25) is 5.28 Å². The van der Waals surface area contributed by atoms with Crippen LogP contribution in [0, 0.1) is 0 Å². The smallest absolute Gasteiger partial charge is 0.233 e. The Morgan fingerprint density at radius 2 is 1.33 bits per heavy atom. The van der Waals surface area contributed by atoms with Gasteiger partial charge in [-0.05, 0) is 54.9 Å². The number of aromatic nitrogens is 3. The second kappa shape index (κ2) is 7.61. The zero-order valence-electron chi connectivity index (χ0n) is 13.1. The van der Waals surface area contributed by atoms with Crippen LogP contribution in [0.3, 0.4) is 0 Å². The van der Waals surface area contributed by atoms with Crippen LogP contribution in [-0.2, 0) is 0 Å². The lowest BCUT2D eigenvalue weighted by Gasteiger charge is -2.09. The van der Waals surface area contributed by atoms with Gasteiger partial charge in [-0.1, -0.05) is 18.2 Å². The highest BCUT2D eigenvalue weighted by Crippen LogP contribution is 2.21. The molecule has 0 aliphatic heterocycles. The van der Waals surface area contributed by atoms with Crippen LogP contribution in [0.4, 0.5) is 29.0 Å². The van der Waals surface area contributed by atoms with Gasteiger partial charge >= 0.3 is 0 Å². The second-order valence-electron chi connectivity index (χ2n) is 4.98. The molecule has 7 heteroatoms. The van der Waals surface area contributed by atoms with Gasteiger partial charge in [-0.15, -0.1) is 0 Å². The molecular formula is C17H17ClN6. The minimum absolute atomic E-state index is 0.144. The Labute approximate surface area is 145 Å². The van der Waals surface area contributed by atoms with E-state index in [1.807, 2.05) is 61.5 Å². The summed E-state index contributed by atoms with van der Waals surface area (Å²) < 4.78 is 0. The van der Waals surface area contributed by atoms with E-state index in [9.17, 15) is 0 Å². The monoisotopic (exact) mass is 340 g/mol. The molecule has 3 rings (SSSR count). The van der Waals surface area contributed by atoms with Crippen molar-refractivity contribution in [3.63, 3.8) is 0 Å². The van der Waals surface area contributed by atoms with Crippen LogP contribution in [0.15, 0.2) is 54.6 Å². The van der Waals surface area contributed by atoms with Gasteiger partial charge in [-0.3, -0.25) is 0 Å². The van der Waals surface area contributed by atoms with Crippen LogP contribution in [-0.4, -0.2) is 21.5 Å². The number of rotatable bonds is 6. The van der Waals surface area contributed by atoms with E-state index in [0.29, 0.717) is 18.4 Å². The first kappa shape index (κ1) is 16.0. The average molecular weight is 341 g/mol. The molecule has 0 unspecified atom stereocenters. The molecule has 1 aromatic heterocycles. The van der Waals surface area contributed by atoms with Gasteiger partial charge in [0.05, 0.1) is 0 Å². The fourth-order valence-corrected chi connectivity index (χ4v) is 2.26. The molecule has 0 aliphatic carbocycles. The molecule has 0 bridgehead atoms. The van der Waals surface area contributed by atoms with Crippen molar-refractivity contribution < 1.29 is 0 Å². The molecule has 0 fully saturated rings. The van der Waals surface area contributed by atoms with Crippen LogP contribution in [0.5, 0.6) is 0 Å². The summed E-state index contributed by atoms with van der Waals surface area (Å²) in [5.74, 6) is 0.845. The Kier molecular flexibility index (Phi) is 5.08. The normalized spacial score (nSPS) is 10.2. The van der Waals surface area contributed by atoms with E-state index in [1.54, 1.807) is 0 Å². The highest BCUT2D eigenvalue weighted by Gasteiger charge is 2.05. The maximum atomic E-state index is 5.92. The van der Waals surface area contributed by atoms with Gasteiger partial charge < -0.3 is 16.0 Å². The Hall–Kier alpha value is -2.86. The Morgan fingerprint density at radius 1 is 0.750 bits per heavy atom. The van der Waals surface area contributed by atoms with Gasteiger partial charge in [0.25, 0.3) is 0 Å². The molecular weight excluding hydrogens is 324 g/mol. The highest BCUT2D eigenvalue weighted by molar-refractivity contribution is 6.28. The first-order chi connectivity index (χ1) is 11.7.